The zero-order chi connectivity index (χ0) is 9.15. The standard InChI is InChI=1S/C9H20N4/c1-9(8-11-2-3-12-9)13-6-4-10-5-7-13/h10-12H,2-8H2,1H3. The van der Waals surface area contributed by atoms with Crippen LogP contribution >= 0.6 is 0 Å². The lowest BCUT2D eigenvalue weighted by Gasteiger charge is -2.46. The van der Waals surface area contributed by atoms with Crippen LogP contribution in [0.5, 0.6) is 0 Å². The number of hydrogen-bond donors (Lipinski definition) is 3. The van der Waals surface area contributed by atoms with Crippen LogP contribution in [-0.4, -0.2) is 56.4 Å². The molecule has 2 fully saturated rings. The maximum Gasteiger partial charge on any atom is 0.0812 e. The lowest BCUT2D eigenvalue weighted by atomic mass is 10.1. The second-order valence-corrected chi connectivity index (χ2v) is 4.11. The molecule has 0 radical (unpaired) electrons. The summed E-state index contributed by atoms with van der Waals surface area (Å²) in [6.45, 7) is 10.1. The van der Waals surface area contributed by atoms with E-state index in [1.807, 2.05) is 0 Å². The fraction of sp³-hybridized carbons (Fsp3) is 1.00. The normalized spacial score (nSPS) is 37.6. The lowest BCUT2D eigenvalue weighted by Crippen LogP contribution is -2.69. The molecule has 2 heterocycles. The quantitative estimate of drug-likeness (QED) is 0.479. The Kier molecular flexibility index (Phi) is 2.83. The summed E-state index contributed by atoms with van der Waals surface area (Å²) in [5.74, 6) is 0. The molecule has 0 amide bonds. The van der Waals surface area contributed by atoms with Crippen LogP contribution in [0, 0.1) is 0 Å². The molecule has 76 valence electrons. The van der Waals surface area contributed by atoms with Crippen molar-refractivity contribution in [3.8, 4) is 0 Å². The fourth-order valence-electron chi connectivity index (χ4n) is 2.20. The molecule has 13 heavy (non-hydrogen) atoms. The van der Waals surface area contributed by atoms with Crippen LogP contribution < -0.4 is 16.0 Å². The van der Waals surface area contributed by atoms with E-state index < -0.39 is 0 Å². The first-order valence-corrected chi connectivity index (χ1v) is 5.23. The zero-order valence-corrected chi connectivity index (χ0v) is 8.40. The van der Waals surface area contributed by atoms with Gasteiger partial charge in [0.15, 0.2) is 0 Å². The fourth-order valence-corrected chi connectivity index (χ4v) is 2.20. The van der Waals surface area contributed by atoms with Crippen LogP contribution in [0.4, 0.5) is 0 Å². The molecule has 2 aliphatic rings. The Bertz CT molecular complexity index is 159. The molecule has 0 spiro atoms. The van der Waals surface area contributed by atoms with Crippen molar-refractivity contribution in [3.63, 3.8) is 0 Å². The summed E-state index contributed by atoms with van der Waals surface area (Å²) >= 11 is 0. The summed E-state index contributed by atoms with van der Waals surface area (Å²) in [6.07, 6.45) is 0. The van der Waals surface area contributed by atoms with Crippen LogP contribution in [0.25, 0.3) is 0 Å². The molecule has 4 heteroatoms. The molecule has 1 unspecified atom stereocenters. The highest BCUT2D eigenvalue weighted by Gasteiger charge is 2.33. The molecule has 0 saturated carbocycles. The summed E-state index contributed by atoms with van der Waals surface area (Å²) in [7, 11) is 0. The average molecular weight is 184 g/mol. The molecule has 4 nitrogen and oxygen atoms in total. The Morgan fingerprint density at radius 3 is 2.38 bits per heavy atom. The van der Waals surface area contributed by atoms with E-state index in [0.29, 0.717) is 0 Å². The largest absolute Gasteiger partial charge is 0.314 e. The first-order valence-electron chi connectivity index (χ1n) is 5.23. The van der Waals surface area contributed by atoms with Gasteiger partial charge >= 0.3 is 0 Å². The summed E-state index contributed by atoms with van der Waals surface area (Å²) in [4.78, 5) is 2.54. The van der Waals surface area contributed by atoms with Crippen molar-refractivity contribution in [2.24, 2.45) is 0 Å². The highest BCUT2D eigenvalue weighted by molar-refractivity contribution is 4.91. The van der Waals surface area contributed by atoms with Gasteiger partial charge in [-0.2, -0.15) is 0 Å². The molecule has 0 aromatic rings. The molecule has 0 aromatic heterocycles. The Morgan fingerprint density at radius 1 is 1.00 bits per heavy atom. The average Bonchev–Trinajstić information content (AvgIpc) is 2.20. The monoisotopic (exact) mass is 184 g/mol. The van der Waals surface area contributed by atoms with Crippen molar-refractivity contribution < 1.29 is 0 Å². The molecule has 2 saturated heterocycles. The number of piperazine rings is 2. The summed E-state index contributed by atoms with van der Waals surface area (Å²) in [6, 6.07) is 0. The molecule has 0 bridgehead atoms. The Morgan fingerprint density at radius 2 is 1.77 bits per heavy atom. The highest BCUT2D eigenvalue weighted by atomic mass is 15.4. The van der Waals surface area contributed by atoms with Gasteiger partial charge in [-0.15, -0.1) is 0 Å². The van der Waals surface area contributed by atoms with Gasteiger partial charge < -0.3 is 10.6 Å². The third kappa shape index (κ3) is 2.02. The van der Waals surface area contributed by atoms with Crippen LogP contribution in [0.3, 0.4) is 0 Å². The van der Waals surface area contributed by atoms with Crippen molar-refractivity contribution in [1.82, 2.24) is 20.9 Å². The van der Waals surface area contributed by atoms with Gasteiger partial charge in [0.25, 0.3) is 0 Å². The van der Waals surface area contributed by atoms with Crippen molar-refractivity contribution in [2.45, 2.75) is 12.6 Å². The van der Waals surface area contributed by atoms with Gasteiger partial charge in [-0.25, -0.2) is 0 Å². The second-order valence-electron chi connectivity index (χ2n) is 4.11. The van der Waals surface area contributed by atoms with Crippen molar-refractivity contribution in [1.29, 1.82) is 0 Å². The first-order chi connectivity index (χ1) is 6.31. The van der Waals surface area contributed by atoms with Crippen molar-refractivity contribution in [2.75, 3.05) is 45.8 Å². The van der Waals surface area contributed by atoms with E-state index in [1.54, 1.807) is 0 Å². The molecule has 2 aliphatic heterocycles. The molecular weight excluding hydrogens is 164 g/mol. The van der Waals surface area contributed by atoms with Gasteiger partial charge in [-0.1, -0.05) is 0 Å². The number of rotatable bonds is 1. The minimum atomic E-state index is 0.181. The predicted molar refractivity (Wildman–Crippen MR) is 53.7 cm³/mol. The van der Waals surface area contributed by atoms with Crippen molar-refractivity contribution >= 4 is 0 Å². The third-order valence-corrected chi connectivity index (χ3v) is 3.09. The maximum atomic E-state index is 3.60. The molecule has 0 aromatic carbocycles. The van der Waals surface area contributed by atoms with Crippen LogP contribution in [0.15, 0.2) is 0 Å². The Balaban J connectivity index is 1.94. The lowest BCUT2D eigenvalue weighted by molar-refractivity contribution is 0.0458. The third-order valence-electron chi connectivity index (χ3n) is 3.09. The summed E-state index contributed by atoms with van der Waals surface area (Å²) in [5, 5.41) is 10.4. The topological polar surface area (TPSA) is 39.3 Å². The SMILES string of the molecule is CC1(N2CCNCC2)CNCCN1. The molecule has 3 N–H and O–H groups in total. The van der Waals surface area contributed by atoms with E-state index in [2.05, 4.69) is 27.8 Å². The van der Waals surface area contributed by atoms with Crippen LogP contribution in [-0.2, 0) is 0 Å². The van der Waals surface area contributed by atoms with E-state index in [9.17, 15) is 0 Å². The van der Waals surface area contributed by atoms with Crippen LogP contribution in [0.2, 0.25) is 0 Å². The van der Waals surface area contributed by atoms with E-state index in [4.69, 9.17) is 0 Å². The second kappa shape index (κ2) is 3.92. The van der Waals surface area contributed by atoms with Gasteiger partial charge in [0.05, 0.1) is 5.66 Å². The predicted octanol–water partition coefficient (Wildman–Crippen LogP) is -1.20. The van der Waals surface area contributed by atoms with E-state index in [-0.39, 0.29) is 5.66 Å². The Hall–Kier alpha value is -0.160. The summed E-state index contributed by atoms with van der Waals surface area (Å²) in [5.41, 5.74) is 0.181. The van der Waals surface area contributed by atoms with Crippen LogP contribution in [0.1, 0.15) is 6.92 Å². The zero-order valence-electron chi connectivity index (χ0n) is 8.40. The minimum absolute atomic E-state index is 0.181. The Labute approximate surface area is 80.1 Å². The smallest absolute Gasteiger partial charge is 0.0812 e. The number of nitrogens with one attached hydrogen (secondary N) is 3. The minimum Gasteiger partial charge on any atom is -0.314 e. The van der Waals surface area contributed by atoms with Crippen molar-refractivity contribution in [3.05, 3.63) is 0 Å². The van der Waals surface area contributed by atoms with E-state index >= 15 is 0 Å². The molecule has 1 atom stereocenters. The van der Waals surface area contributed by atoms with Gasteiger partial charge in [0.2, 0.25) is 0 Å². The summed E-state index contributed by atoms with van der Waals surface area (Å²) < 4.78 is 0. The highest BCUT2D eigenvalue weighted by Crippen LogP contribution is 2.12. The molecule has 2 rings (SSSR count). The van der Waals surface area contributed by atoms with Gasteiger partial charge in [-0.05, 0) is 6.92 Å². The van der Waals surface area contributed by atoms with Gasteiger partial charge in [-0.3, -0.25) is 10.2 Å². The van der Waals surface area contributed by atoms with E-state index in [1.165, 1.54) is 0 Å². The maximum absolute atomic E-state index is 3.60. The molecular formula is C9H20N4. The van der Waals surface area contributed by atoms with Gasteiger partial charge in [0, 0.05) is 45.8 Å². The molecule has 0 aliphatic carbocycles. The number of hydrogen-bond acceptors (Lipinski definition) is 4. The van der Waals surface area contributed by atoms with Gasteiger partial charge in [0.1, 0.15) is 0 Å². The first kappa shape index (κ1) is 9.40. The van der Waals surface area contributed by atoms with E-state index in [0.717, 1.165) is 45.8 Å². The number of nitrogens with zero attached hydrogens (tertiary/aromatic N) is 1.